The third-order valence-electron chi connectivity index (χ3n) is 6.16. The van der Waals surface area contributed by atoms with Gasteiger partial charge in [-0.3, -0.25) is 0 Å². The largest absolute Gasteiger partial charge is 0.463 e. The van der Waals surface area contributed by atoms with Gasteiger partial charge in [0.25, 0.3) is 0 Å². The zero-order chi connectivity index (χ0) is 17.5. The molecule has 3 aliphatic heterocycles. The SMILES string of the molecule is C/C=C1\C[C@@H](C)[C@](C)(O)C(=O)OC[C@H]2CC[NH+]3CC[C@@H](OC1=O)[C@@H]23. The number of rotatable bonds is 0. The maximum Gasteiger partial charge on any atom is 0.338 e. The number of carbonyl (C=O) groups is 2. The van der Waals surface area contributed by atoms with Crippen LogP contribution < -0.4 is 4.90 Å². The molecule has 3 heterocycles. The molecule has 0 aromatic heterocycles. The van der Waals surface area contributed by atoms with Crippen LogP contribution in [0.25, 0.3) is 0 Å². The van der Waals surface area contributed by atoms with Gasteiger partial charge in [-0.05, 0) is 26.2 Å². The molecule has 134 valence electrons. The van der Waals surface area contributed by atoms with Crippen molar-refractivity contribution in [1.82, 2.24) is 0 Å². The van der Waals surface area contributed by atoms with Crippen LogP contribution >= 0.6 is 0 Å². The molecule has 6 atom stereocenters. The van der Waals surface area contributed by atoms with Gasteiger partial charge in [-0.1, -0.05) is 13.0 Å². The molecule has 0 radical (unpaired) electrons. The van der Waals surface area contributed by atoms with Gasteiger partial charge in [0, 0.05) is 18.4 Å². The number of aliphatic hydroxyl groups is 1. The summed E-state index contributed by atoms with van der Waals surface area (Å²) in [6.07, 6.45) is 3.71. The van der Waals surface area contributed by atoms with Crippen LogP contribution in [0, 0.1) is 11.8 Å². The van der Waals surface area contributed by atoms with Gasteiger partial charge in [-0.25, -0.2) is 9.59 Å². The number of allylic oxidation sites excluding steroid dienone is 1. The lowest BCUT2D eigenvalue weighted by molar-refractivity contribution is -0.902. The molecular weight excluding hydrogens is 310 g/mol. The first-order valence-corrected chi connectivity index (χ1v) is 8.95. The van der Waals surface area contributed by atoms with Crippen LogP contribution in [0.15, 0.2) is 11.6 Å². The number of hydrogen-bond donors (Lipinski definition) is 2. The van der Waals surface area contributed by atoms with E-state index in [1.54, 1.807) is 19.9 Å². The standard InChI is InChI=1S/C18H27NO5/c1-4-12-9-11(2)18(3,22)17(21)23-10-13-5-7-19-8-6-14(15(13)19)24-16(12)20/h4,11,13-15,22H,5-10H2,1-3H3/p+1/b12-4+/t11-,13-,14-,15-,18+/m1/s1. The molecule has 24 heavy (non-hydrogen) atoms. The van der Waals surface area contributed by atoms with Gasteiger partial charge >= 0.3 is 11.9 Å². The lowest BCUT2D eigenvalue weighted by atomic mass is 9.85. The van der Waals surface area contributed by atoms with Crippen LogP contribution in [-0.4, -0.2) is 54.5 Å². The highest BCUT2D eigenvalue weighted by Gasteiger charge is 2.51. The average Bonchev–Trinajstić information content (AvgIpc) is 3.12. The molecular formula is C18H28NO5+. The summed E-state index contributed by atoms with van der Waals surface area (Å²) in [5.74, 6) is -1.16. The summed E-state index contributed by atoms with van der Waals surface area (Å²) in [6, 6.07) is 0.196. The number of nitrogens with one attached hydrogen (secondary N) is 1. The zero-order valence-corrected chi connectivity index (χ0v) is 14.7. The molecule has 3 rings (SSSR count). The molecule has 3 saturated heterocycles. The van der Waals surface area contributed by atoms with Crippen molar-refractivity contribution in [3.05, 3.63) is 11.6 Å². The Morgan fingerprint density at radius 2 is 2.00 bits per heavy atom. The van der Waals surface area contributed by atoms with Crippen molar-refractivity contribution in [2.24, 2.45) is 11.8 Å². The van der Waals surface area contributed by atoms with Crippen molar-refractivity contribution in [2.75, 3.05) is 19.7 Å². The first-order valence-electron chi connectivity index (χ1n) is 8.95. The van der Waals surface area contributed by atoms with Crippen LogP contribution in [0.1, 0.15) is 40.0 Å². The normalized spacial score (nSPS) is 45.2. The number of esters is 2. The number of ether oxygens (including phenoxy) is 2. The minimum absolute atomic E-state index is 0.108. The molecule has 0 amide bonds. The van der Waals surface area contributed by atoms with Gasteiger partial charge in [0.2, 0.25) is 0 Å². The first-order chi connectivity index (χ1) is 11.3. The second-order valence-corrected chi connectivity index (χ2v) is 7.63. The quantitative estimate of drug-likeness (QED) is 0.475. The average molecular weight is 338 g/mol. The molecule has 0 aromatic carbocycles. The van der Waals surface area contributed by atoms with Gasteiger partial charge in [0.1, 0.15) is 12.6 Å². The van der Waals surface area contributed by atoms with Crippen molar-refractivity contribution in [1.29, 1.82) is 0 Å². The Balaban J connectivity index is 1.89. The van der Waals surface area contributed by atoms with E-state index in [-0.39, 0.29) is 30.5 Å². The highest BCUT2D eigenvalue weighted by atomic mass is 16.6. The molecule has 0 bridgehead atoms. The number of quaternary nitrogens is 1. The van der Waals surface area contributed by atoms with Crippen molar-refractivity contribution in [3.63, 3.8) is 0 Å². The Morgan fingerprint density at radius 1 is 1.29 bits per heavy atom. The van der Waals surface area contributed by atoms with Crippen molar-refractivity contribution in [2.45, 2.75) is 57.8 Å². The van der Waals surface area contributed by atoms with Gasteiger partial charge < -0.3 is 19.5 Å². The topological polar surface area (TPSA) is 77.3 Å². The van der Waals surface area contributed by atoms with Crippen LogP contribution in [0.4, 0.5) is 0 Å². The summed E-state index contributed by atoms with van der Waals surface area (Å²) in [5, 5.41) is 10.6. The maximum absolute atomic E-state index is 12.6. The highest BCUT2D eigenvalue weighted by molar-refractivity contribution is 5.89. The zero-order valence-electron chi connectivity index (χ0n) is 14.7. The van der Waals surface area contributed by atoms with E-state index in [0.717, 1.165) is 25.9 Å². The summed E-state index contributed by atoms with van der Waals surface area (Å²) in [5.41, 5.74) is -1.10. The van der Waals surface area contributed by atoms with E-state index in [9.17, 15) is 14.7 Å². The van der Waals surface area contributed by atoms with Crippen molar-refractivity contribution >= 4 is 11.9 Å². The summed E-state index contributed by atoms with van der Waals surface area (Å²) in [7, 11) is 0. The Morgan fingerprint density at radius 3 is 2.71 bits per heavy atom. The summed E-state index contributed by atoms with van der Waals surface area (Å²) in [4.78, 5) is 26.4. The molecule has 0 aromatic rings. The molecule has 6 nitrogen and oxygen atoms in total. The molecule has 1 unspecified atom stereocenters. The van der Waals surface area contributed by atoms with Crippen molar-refractivity contribution < 1.29 is 29.1 Å². The summed E-state index contributed by atoms with van der Waals surface area (Å²) < 4.78 is 11.3. The molecule has 3 fully saturated rings. The minimum atomic E-state index is -1.62. The van der Waals surface area contributed by atoms with Gasteiger partial charge in [0.05, 0.1) is 19.0 Å². The second kappa shape index (κ2) is 6.48. The highest BCUT2D eigenvalue weighted by Crippen LogP contribution is 2.30. The second-order valence-electron chi connectivity index (χ2n) is 7.63. The predicted octanol–water partition coefficient (Wildman–Crippen LogP) is -0.144. The third-order valence-corrected chi connectivity index (χ3v) is 6.16. The smallest absolute Gasteiger partial charge is 0.338 e. The van der Waals surface area contributed by atoms with Crippen LogP contribution in [-0.2, 0) is 19.1 Å². The monoisotopic (exact) mass is 338 g/mol. The lowest BCUT2D eigenvalue weighted by Gasteiger charge is -2.31. The predicted molar refractivity (Wildman–Crippen MR) is 86.2 cm³/mol. The fraction of sp³-hybridized carbons (Fsp3) is 0.778. The number of cyclic esters (lactones) is 1. The van der Waals surface area contributed by atoms with E-state index in [0.29, 0.717) is 12.2 Å². The van der Waals surface area contributed by atoms with E-state index >= 15 is 0 Å². The van der Waals surface area contributed by atoms with Crippen LogP contribution in [0.5, 0.6) is 0 Å². The van der Waals surface area contributed by atoms with E-state index in [2.05, 4.69) is 0 Å². The van der Waals surface area contributed by atoms with Gasteiger partial charge in [-0.2, -0.15) is 0 Å². The maximum atomic E-state index is 12.6. The Kier molecular flexibility index (Phi) is 4.71. The molecule has 6 heteroatoms. The van der Waals surface area contributed by atoms with Crippen molar-refractivity contribution in [3.8, 4) is 0 Å². The van der Waals surface area contributed by atoms with Gasteiger partial charge in [-0.15, -0.1) is 0 Å². The van der Waals surface area contributed by atoms with E-state index < -0.39 is 17.5 Å². The Hall–Kier alpha value is -1.40. The summed E-state index contributed by atoms with van der Waals surface area (Å²) >= 11 is 0. The molecule has 0 aliphatic carbocycles. The molecule has 3 aliphatic rings. The van der Waals surface area contributed by atoms with E-state index in [1.807, 2.05) is 0 Å². The number of hydrogen-bond acceptors (Lipinski definition) is 5. The van der Waals surface area contributed by atoms with Gasteiger partial charge in [0.15, 0.2) is 11.7 Å². The summed E-state index contributed by atoms with van der Waals surface area (Å²) in [6.45, 7) is 7.31. The lowest BCUT2D eigenvalue weighted by Crippen LogP contribution is -3.12. The Bertz CT molecular complexity index is 556. The minimum Gasteiger partial charge on any atom is -0.463 e. The fourth-order valence-corrected chi connectivity index (χ4v) is 4.33. The first kappa shape index (κ1) is 17.4. The van der Waals surface area contributed by atoms with E-state index in [4.69, 9.17) is 9.47 Å². The molecule has 0 saturated carbocycles. The van der Waals surface area contributed by atoms with Crippen LogP contribution in [0.3, 0.4) is 0 Å². The van der Waals surface area contributed by atoms with E-state index in [1.165, 1.54) is 11.8 Å². The van der Waals surface area contributed by atoms with Crippen LogP contribution in [0.2, 0.25) is 0 Å². The number of carbonyl (C=O) groups excluding carboxylic acids is 2. The fourth-order valence-electron chi connectivity index (χ4n) is 4.33. The molecule has 0 spiro atoms. The third kappa shape index (κ3) is 2.97. The molecule has 2 N–H and O–H groups in total. The Labute approximate surface area is 142 Å².